The Labute approximate surface area is 171 Å². The van der Waals surface area contributed by atoms with E-state index in [1.807, 2.05) is 18.2 Å². The molecule has 3 heterocycles. The second-order valence-corrected chi connectivity index (χ2v) is 7.54. The second kappa shape index (κ2) is 6.14. The van der Waals surface area contributed by atoms with Crippen molar-refractivity contribution in [2.24, 2.45) is 4.99 Å². The van der Waals surface area contributed by atoms with Crippen LogP contribution in [0.1, 0.15) is 26.3 Å². The van der Waals surface area contributed by atoms with Crippen LogP contribution in [0.5, 0.6) is 0 Å². The predicted octanol–water partition coefficient (Wildman–Crippen LogP) is 3.43. The van der Waals surface area contributed by atoms with E-state index in [9.17, 15) is 14.7 Å². The molecule has 7 heteroatoms. The van der Waals surface area contributed by atoms with Gasteiger partial charge in [0.05, 0.1) is 35.7 Å². The molecule has 3 aliphatic rings. The van der Waals surface area contributed by atoms with Gasteiger partial charge in [0.25, 0.3) is 5.91 Å². The van der Waals surface area contributed by atoms with Crippen LogP contribution in [-0.2, 0) is 4.74 Å². The summed E-state index contributed by atoms with van der Waals surface area (Å²) in [6, 6.07) is 14.5. The van der Waals surface area contributed by atoms with Crippen LogP contribution in [0.4, 0.5) is 17.1 Å². The number of anilines is 2. The van der Waals surface area contributed by atoms with Crippen LogP contribution >= 0.6 is 0 Å². The molecule has 0 aromatic heterocycles. The lowest BCUT2D eigenvalue weighted by molar-refractivity contribution is 0.0696. The molecule has 0 radical (unpaired) electrons. The van der Waals surface area contributed by atoms with Crippen LogP contribution in [0.15, 0.2) is 53.5 Å². The highest BCUT2D eigenvalue weighted by atomic mass is 16.5. The van der Waals surface area contributed by atoms with Gasteiger partial charge >= 0.3 is 5.97 Å². The van der Waals surface area contributed by atoms with Crippen molar-refractivity contribution in [2.75, 3.05) is 36.1 Å². The molecule has 1 fully saturated rings. The second-order valence-electron chi connectivity index (χ2n) is 7.54. The zero-order chi connectivity index (χ0) is 20.4. The molecule has 0 saturated carbocycles. The zero-order valence-corrected chi connectivity index (χ0v) is 16.0. The Kier molecular flexibility index (Phi) is 3.52. The van der Waals surface area contributed by atoms with E-state index in [2.05, 4.69) is 17.0 Å². The van der Waals surface area contributed by atoms with Gasteiger partial charge in [-0.3, -0.25) is 9.69 Å². The topological polar surface area (TPSA) is 82.4 Å². The van der Waals surface area contributed by atoms with E-state index >= 15 is 0 Å². The van der Waals surface area contributed by atoms with Crippen molar-refractivity contribution in [3.05, 3.63) is 65.2 Å². The maximum absolute atomic E-state index is 13.2. The van der Waals surface area contributed by atoms with Crippen molar-refractivity contribution in [1.82, 2.24) is 0 Å². The van der Waals surface area contributed by atoms with Crippen molar-refractivity contribution >= 4 is 45.5 Å². The SMILES string of the molecule is O=C(O)c1ccc2c(c1)C1=Nc3cccc4c(N5CCOCC5)ccc(c34)N1C2=O. The smallest absolute Gasteiger partial charge is 0.335 e. The van der Waals surface area contributed by atoms with E-state index in [1.165, 1.54) is 12.1 Å². The van der Waals surface area contributed by atoms with Crippen LogP contribution in [-0.4, -0.2) is 49.1 Å². The molecule has 30 heavy (non-hydrogen) atoms. The summed E-state index contributed by atoms with van der Waals surface area (Å²) in [7, 11) is 0. The number of fused-ring (bicyclic) bond motifs is 4. The number of hydrogen-bond acceptors (Lipinski definition) is 5. The Balaban J connectivity index is 1.57. The molecule has 0 aliphatic carbocycles. The minimum absolute atomic E-state index is 0.137. The molecule has 1 saturated heterocycles. The van der Waals surface area contributed by atoms with E-state index in [0.717, 1.165) is 40.9 Å². The highest BCUT2D eigenvalue weighted by molar-refractivity contribution is 6.40. The molecule has 0 atom stereocenters. The molecule has 6 rings (SSSR count). The lowest BCUT2D eigenvalue weighted by Gasteiger charge is -2.32. The summed E-state index contributed by atoms with van der Waals surface area (Å²) in [4.78, 5) is 33.3. The third kappa shape index (κ3) is 2.26. The van der Waals surface area contributed by atoms with E-state index in [-0.39, 0.29) is 11.5 Å². The predicted molar refractivity (Wildman–Crippen MR) is 113 cm³/mol. The van der Waals surface area contributed by atoms with Gasteiger partial charge in [-0.25, -0.2) is 9.79 Å². The fourth-order valence-corrected chi connectivity index (χ4v) is 4.55. The van der Waals surface area contributed by atoms with Crippen LogP contribution in [0.25, 0.3) is 10.8 Å². The molecule has 148 valence electrons. The highest BCUT2D eigenvalue weighted by Gasteiger charge is 2.39. The molecule has 3 aromatic carbocycles. The van der Waals surface area contributed by atoms with Gasteiger partial charge in [-0.15, -0.1) is 0 Å². The molecule has 1 N–H and O–H groups in total. The molecule has 3 aromatic rings. The summed E-state index contributed by atoms with van der Waals surface area (Å²) >= 11 is 0. The molecule has 0 bridgehead atoms. The van der Waals surface area contributed by atoms with Crippen molar-refractivity contribution in [3.8, 4) is 0 Å². The highest BCUT2D eigenvalue weighted by Crippen LogP contribution is 2.46. The number of morpholine rings is 1. The van der Waals surface area contributed by atoms with Gasteiger partial charge in [-0.1, -0.05) is 12.1 Å². The Hall–Kier alpha value is -3.71. The first-order valence-electron chi connectivity index (χ1n) is 9.83. The summed E-state index contributed by atoms with van der Waals surface area (Å²) in [5.41, 5.74) is 3.83. The van der Waals surface area contributed by atoms with E-state index in [1.54, 1.807) is 11.0 Å². The number of nitrogens with zero attached hydrogens (tertiary/aromatic N) is 3. The van der Waals surface area contributed by atoms with Gasteiger partial charge < -0.3 is 14.7 Å². The van der Waals surface area contributed by atoms with Gasteiger partial charge in [-0.05, 0) is 36.4 Å². The number of aromatic carboxylic acids is 1. The Morgan fingerprint density at radius 1 is 1.00 bits per heavy atom. The number of carboxylic acids is 1. The largest absolute Gasteiger partial charge is 0.478 e. The van der Waals surface area contributed by atoms with Crippen LogP contribution in [0.2, 0.25) is 0 Å². The normalized spacial score (nSPS) is 17.1. The summed E-state index contributed by atoms with van der Waals surface area (Å²) in [5, 5.41) is 11.3. The molecule has 3 aliphatic heterocycles. The lowest BCUT2D eigenvalue weighted by atomic mass is 10.0. The lowest BCUT2D eigenvalue weighted by Crippen LogP contribution is -2.36. The number of ether oxygens (including phenoxy) is 1. The molecule has 7 nitrogen and oxygen atoms in total. The maximum atomic E-state index is 13.2. The van der Waals surface area contributed by atoms with Crippen LogP contribution < -0.4 is 9.80 Å². The fourth-order valence-electron chi connectivity index (χ4n) is 4.55. The number of hydrogen-bond donors (Lipinski definition) is 1. The number of benzene rings is 3. The summed E-state index contributed by atoms with van der Waals surface area (Å²) < 4.78 is 5.49. The minimum Gasteiger partial charge on any atom is -0.478 e. The Morgan fingerprint density at radius 2 is 1.80 bits per heavy atom. The first kappa shape index (κ1) is 17.2. The number of amidine groups is 1. The molecular weight excluding hydrogens is 382 g/mol. The molecule has 0 unspecified atom stereocenters. The Morgan fingerprint density at radius 3 is 2.60 bits per heavy atom. The molecular formula is C23H17N3O4. The van der Waals surface area contributed by atoms with Crippen molar-refractivity contribution in [1.29, 1.82) is 0 Å². The van der Waals surface area contributed by atoms with Gasteiger partial charge in [0, 0.05) is 35.1 Å². The molecule has 1 amide bonds. The maximum Gasteiger partial charge on any atom is 0.335 e. The standard InChI is InChI=1S/C23H17N3O4/c27-22-14-5-4-13(23(28)29)12-16(14)21-24-17-3-1-2-15-18(25-8-10-30-11-9-25)6-7-19(20(15)17)26(21)22/h1-7,12H,8-11H2,(H,28,29). The van der Waals surface area contributed by atoms with Crippen molar-refractivity contribution in [3.63, 3.8) is 0 Å². The number of carbonyl (C=O) groups excluding carboxylic acids is 1. The zero-order valence-electron chi connectivity index (χ0n) is 16.0. The first-order valence-corrected chi connectivity index (χ1v) is 9.83. The average Bonchev–Trinajstić information content (AvgIpc) is 3.06. The Bertz CT molecular complexity index is 1290. The number of amides is 1. The average molecular weight is 399 g/mol. The van der Waals surface area contributed by atoms with Crippen molar-refractivity contribution < 1.29 is 19.4 Å². The van der Waals surface area contributed by atoms with Gasteiger partial charge in [-0.2, -0.15) is 0 Å². The van der Waals surface area contributed by atoms with Gasteiger partial charge in [0.1, 0.15) is 5.84 Å². The number of aliphatic imine (C=N–C) groups is 1. The van der Waals surface area contributed by atoms with Crippen LogP contribution in [0, 0.1) is 0 Å². The quantitative estimate of drug-likeness (QED) is 0.714. The van der Waals surface area contributed by atoms with E-state index < -0.39 is 5.97 Å². The first-order chi connectivity index (χ1) is 14.6. The summed E-state index contributed by atoms with van der Waals surface area (Å²) in [5.74, 6) is -0.731. The number of carbonyl (C=O) groups is 2. The summed E-state index contributed by atoms with van der Waals surface area (Å²) in [6.07, 6.45) is 0. The number of rotatable bonds is 2. The van der Waals surface area contributed by atoms with Gasteiger partial charge in [0.2, 0.25) is 0 Å². The van der Waals surface area contributed by atoms with Crippen molar-refractivity contribution in [2.45, 2.75) is 0 Å². The fraction of sp³-hybridized carbons (Fsp3) is 0.174. The van der Waals surface area contributed by atoms with Crippen LogP contribution in [0.3, 0.4) is 0 Å². The third-order valence-electron chi connectivity index (χ3n) is 5.95. The number of carboxylic acid groups (broad SMARTS) is 1. The van der Waals surface area contributed by atoms with Gasteiger partial charge in [0.15, 0.2) is 0 Å². The van der Waals surface area contributed by atoms with E-state index in [4.69, 9.17) is 9.73 Å². The summed E-state index contributed by atoms with van der Waals surface area (Å²) in [6.45, 7) is 3.02. The monoisotopic (exact) mass is 399 g/mol. The van der Waals surface area contributed by atoms with E-state index in [0.29, 0.717) is 30.2 Å². The molecule has 0 spiro atoms. The third-order valence-corrected chi connectivity index (χ3v) is 5.95. The minimum atomic E-state index is -1.03.